The van der Waals surface area contributed by atoms with Crippen LogP contribution in [0.5, 0.6) is 11.5 Å². The lowest BCUT2D eigenvalue weighted by atomic mass is 10.1. The van der Waals surface area contributed by atoms with Gasteiger partial charge in [-0.25, -0.2) is 0 Å². The summed E-state index contributed by atoms with van der Waals surface area (Å²) in [6.07, 6.45) is 1.82. The molecule has 3 aromatic carbocycles. The summed E-state index contributed by atoms with van der Waals surface area (Å²) in [5.41, 5.74) is 3.84. The Labute approximate surface area is 189 Å². The van der Waals surface area contributed by atoms with Crippen molar-refractivity contribution in [3.8, 4) is 11.5 Å². The van der Waals surface area contributed by atoms with Crippen LogP contribution >= 0.6 is 15.9 Å². The van der Waals surface area contributed by atoms with Crippen molar-refractivity contribution in [3.63, 3.8) is 0 Å². The molecule has 1 heterocycles. The van der Waals surface area contributed by atoms with E-state index in [1.165, 1.54) is 5.01 Å². The third-order valence-electron chi connectivity index (χ3n) is 4.87. The van der Waals surface area contributed by atoms with Crippen LogP contribution in [-0.2, 0) is 11.4 Å². The largest absolute Gasteiger partial charge is 0.493 e. The van der Waals surface area contributed by atoms with Crippen LogP contribution in [0.2, 0.25) is 0 Å². The number of rotatable bonds is 6. The molecule has 0 radical (unpaired) electrons. The minimum absolute atomic E-state index is 0.164. The number of halogens is 1. The molecule has 156 valence electrons. The summed E-state index contributed by atoms with van der Waals surface area (Å²) in [5.74, 6) is 1.09. The zero-order valence-electron chi connectivity index (χ0n) is 17.2. The second-order valence-electron chi connectivity index (χ2n) is 7.02. The summed E-state index contributed by atoms with van der Waals surface area (Å²) >= 11 is 3.41. The molecule has 0 atom stereocenters. The summed E-state index contributed by atoms with van der Waals surface area (Å²) in [7, 11) is 1.60. The molecule has 0 fully saturated rings. The van der Waals surface area contributed by atoms with E-state index in [0.717, 1.165) is 21.3 Å². The number of hydrogen-bond acceptors (Lipinski definition) is 4. The average molecular weight is 477 g/mol. The van der Waals surface area contributed by atoms with Crippen LogP contribution in [0.3, 0.4) is 0 Å². The number of amides is 1. The van der Waals surface area contributed by atoms with Crippen molar-refractivity contribution in [2.24, 2.45) is 5.10 Å². The molecular formula is C25H21BrN2O3. The lowest BCUT2D eigenvalue weighted by Gasteiger charge is -2.12. The molecule has 4 rings (SSSR count). The number of carbonyl (C=O) groups excluding carboxylic acids is 1. The highest BCUT2D eigenvalue weighted by atomic mass is 79.9. The molecule has 0 spiro atoms. The number of ether oxygens (including phenoxy) is 2. The Morgan fingerprint density at radius 1 is 1.00 bits per heavy atom. The van der Waals surface area contributed by atoms with E-state index < -0.39 is 0 Å². The van der Waals surface area contributed by atoms with Crippen molar-refractivity contribution >= 4 is 39.3 Å². The summed E-state index contributed by atoms with van der Waals surface area (Å²) in [6.45, 7) is 2.28. The number of carbonyl (C=O) groups is 1. The van der Waals surface area contributed by atoms with Gasteiger partial charge in [-0.1, -0.05) is 52.3 Å². The van der Waals surface area contributed by atoms with Gasteiger partial charge in [0.25, 0.3) is 5.91 Å². The smallest absolute Gasteiger partial charge is 0.280 e. The molecule has 1 amide bonds. The quantitative estimate of drug-likeness (QED) is 0.419. The molecule has 0 saturated carbocycles. The van der Waals surface area contributed by atoms with Crippen molar-refractivity contribution in [1.82, 2.24) is 0 Å². The second kappa shape index (κ2) is 9.18. The number of hydrazone groups is 1. The first-order valence-electron chi connectivity index (χ1n) is 9.77. The molecule has 3 aromatic rings. The summed E-state index contributed by atoms with van der Waals surface area (Å²) in [5, 5.41) is 5.85. The van der Waals surface area contributed by atoms with Gasteiger partial charge < -0.3 is 9.47 Å². The van der Waals surface area contributed by atoms with Crippen molar-refractivity contribution in [1.29, 1.82) is 0 Å². The molecule has 0 saturated heterocycles. The van der Waals surface area contributed by atoms with Gasteiger partial charge in [-0.2, -0.15) is 10.1 Å². The van der Waals surface area contributed by atoms with Gasteiger partial charge in [0.15, 0.2) is 11.5 Å². The Balaban J connectivity index is 1.54. The predicted molar refractivity (Wildman–Crippen MR) is 126 cm³/mol. The van der Waals surface area contributed by atoms with Crippen molar-refractivity contribution in [2.75, 3.05) is 12.1 Å². The fraction of sp³-hybridized carbons (Fsp3) is 0.120. The van der Waals surface area contributed by atoms with Gasteiger partial charge in [0.2, 0.25) is 0 Å². The van der Waals surface area contributed by atoms with E-state index >= 15 is 0 Å². The number of hydrogen-bond donors (Lipinski definition) is 0. The molecule has 31 heavy (non-hydrogen) atoms. The SMILES string of the molecule is COc1cc(/C=C2\C(=O)N(c3ccc(Br)cc3)N=C2C)ccc1OCc1ccccc1. The topological polar surface area (TPSA) is 51.1 Å². The molecule has 0 aliphatic carbocycles. The Hall–Kier alpha value is -3.38. The van der Waals surface area contributed by atoms with Gasteiger partial charge in [-0.3, -0.25) is 4.79 Å². The highest BCUT2D eigenvalue weighted by molar-refractivity contribution is 9.10. The number of methoxy groups -OCH3 is 1. The minimum atomic E-state index is -0.164. The zero-order chi connectivity index (χ0) is 21.8. The molecule has 5 nitrogen and oxygen atoms in total. The Kier molecular flexibility index (Phi) is 6.18. The lowest BCUT2D eigenvalue weighted by Crippen LogP contribution is -2.21. The maximum atomic E-state index is 13.0. The molecular weight excluding hydrogens is 456 g/mol. The normalized spacial score (nSPS) is 14.7. The average Bonchev–Trinajstić information content (AvgIpc) is 3.07. The van der Waals surface area contributed by atoms with Gasteiger partial charge in [-0.05, 0) is 60.5 Å². The van der Waals surface area contributed by atoms with E-state index in [4.69, 9.17) is 9.47 Å². The van der Waals surface area contributed by atoms with Crippen molar-refractivity contribution in [2.45, 2.75) is 13.5 Å². The van der Waals surface area contributed by atoms with Gasteiger partial charge in [0.05, 0.1) is 24.1 Å². The fourth-order valence-corrected chi connectivity index (χ4v) is 3.50. The highest BCUT2D eigenvalue weighted by Gasteiger charge is 2.28. The molecule has 0 aromatic heterocycles. The van der Waals surface area contributed by atoms with Crippen LogP contribution in [-0.4, -0.2) is 18.7 Å². The number of anilines is 1. The molecule has 6 heteroatoms. The van der Waals surface area contributed by atoms with Crippen LogP contribution in [0.1, 0.15) is 18.1 Å². The Morgan fingerprint density at radius 3 is 2.45 bits per heavy atom. The fourth-order valence-electron chi connectivity index (χ4n) is 3.24. The standard InChI is InChI=1S/C25H21BrN2O3/c1-17-22(25(29)28(27-17)21-11-9-20(26)10-12-21)14-19-8-13-23(24(15-19)30-2)31-16-18-6-4-3-5-7-18/h3-15H,16H2,1-2H3/b22-14-. The number of nitrogens with zero attached hydrogens (tertiary/aromatic N) is 2. The van der Waals surface area contributed by atoms with Crippen molar-refractivity contribution in [3.05, 3.63) is 94.0 Å². The maximum absolute atomic E-state index is 13.0. The van der Waals surface area contributed by atoms with Crippen LogP contribution in [0, 0.1) is 0 Å². The molecule has 1 aliphatic rings. The number of benzene rings is 3. The summed E-state index contributed by atoms with van der Waals surface area (Å²) in [4.78, 5) is 13.0. The van der Waals surface area contributed by atoms with E-state index in [-0.39, 0.29) is 5.91 Å². The molecule has 0 N–H and O–H groups in total. The van der Waals surface area contributed by atoms with Crippen LogP contribution < -0.4 is 14.5 Å². The van der Waals surface area contributed by atoms with E-state index in [9.17, 15) is 4.79 Å². The summed E-state index contributed by atoms with van der Waals surface area (Å²) in [6, 6.07) is 23.0. The van der Waals surface area contributed by atoms with Gasteiger partial charge in [0.1, 0.15) is 6.61 Å². The molecule has 0 unspecified atom stereocenters. The van der Waals surface area contributed by atoms with Gasteiger partial charge >= 0.3 is 0 Å². The Morgan fingerprint density at radius 2 is 1.74 bits per heavy atom. The second-order valence-corrected chi connectivity index (χ2v) is 7.94. The first kappa shape index (κ1) is 20.9. The monoisotopic (exact) mass is 476 g/mol. The van der Waals surface area contributed by atoms with E-state index in [2.05, 4.69) is 21.0 Å². The maximum Gasteiger partial charge on any atom is 0.280 e. The third-order valence-corrected chi connectivity index (χ3v) is 5.40. The van der Waals surface area contributed by atoms with Crippen molar-refractivity contribution < 1.29 is 14.3 Å². The highest BCUT2D eigenvalue weighted by Crippen LogP contribution is 2.31. The summed E-state index contributed by atoms with van der Waals surface area (Å²) < 4.78 is 12.4. The van der Waals surface area contributed by atoms with E-state index in [1.807, 2.05) is 85.8 Å². The lowest BCUT2D eigenvalue weighted by molar-refractivity contribution is -0.114. The van der Waals surface area contributed by atoms with Crippen LogP contribution in [0.15, 0.2) is 87.9 Å². The van der Waals surface area contributed by atoms with Crippen LogP contribution in [0.4, 0.5) is 5.69 Å². The Bertz CT molecular complexity index is 1160. The van der Waals surface area contributed by atoms with E-state index in [1.54, 1.807) is 7.11 Å². The minimum Gasteiger partial charge on any atom is -0.493 e. The van der Waals surface area contributed by atoms with Crippen LogP contribution in [0.25, 0.3) is 6.08 Å². The van der Waals surface area contributed by atoms with E-state index in [0.29, 0.717) is 29.4 Å². The van der Waals surface area contributed by atoms with Gasteiger partial charge in [0, 0.05) is 4.47 Å². The zero-order valence-corrected chi connectivity index (χ0v) is 18.8. The third kappa shape index (κ3) is 4.70. The molecule has 0 bridgehead atoms. The van der Waals surface area contributed by atoms with Gasteiger partial charge in [-0.15, -0.1) is 0 Å². The predicted octanol–water partition coefficient (Wildman–Crippen LogP) is 5.84. The first-order valence-corrected chi connectivity index (χ1v) is 10.6. The first-order chi connectivity index (χ1) is 15.0. The molecule has 1 aliphatic heterocycles.